The summed E-state index contributed by atoms with van der Waals surface area (Å²) in [5.41, 5.74) is 6.25. The van der Waals surface area contributed by atoms with Crippen molar-refractivity contribution in [3.8, 4) is 0 Å². The molecule has 1 aromatic rings. The van der Waals surface area contributed by atoms with Gasteiger partial charge in [0.2, 0.25) is 0 Å². The van der Waals surface area contributed by atoms with E-state index in [0.717, 1.165) is 10.7 Å². The van der Waals surface area contributed by atoms with Crippen LogP contribution in [0.1, 0.15) is 10.7 Å². The second kappa shape index (κ2) is 3.65. The number of rotatable bonds is 3. The standard InChI is InChI=1S/C6H10N2OS/c7-3-5-4-10-6(8-5)1-2-9/h4,9H,1-3,7H2. The average molecular weight is 158 g/mol. The van der Waals surface area contributed by atoms with Crippen LogP contribution < -0.4 is 5.73 Å². The maximum Gasteiger partial charge on any atom is 0.0951 e. The van der Waals surface area contributed by atoms with E-state index in [4.69, 9.17) is 10.8 Å². The molecule has 0 aromatic carbocycles. The maximum absolute atomic E-state index is 8.54. The number of aliphatic hydroxyl groups is 1. The topological polar surface area (TPSA) is 59.1 Å². The van der Waals surface area contributed by atoms with Crippen LogP contribution in [0.25, 0.3) is 0 Å². The average Bonchev–Trinajstić information content (AvgIpc) is 2.37. The fraction of sp³-hybridized carbons (Fsp3) is 0.500. The van der Waals surface area contributed by atoms with Crippen LogP contribution in [0.5, 0.6) is 0 Å². The molecule has 0 radical (unpaired) electrons. The molecule has 0 spiro atoms. The lowest BCUT2D eigenvalue weighted by molar-refractivity contribution is 0.299. The van der Waals surface area contributed by atoms with E-state index in [-0.39, 0.29) is 6.61 Å². The van der Waals surface area contributed by atoms with Gasteiger partial charge in [-0.1, -0.05) is 0 Å². The van der Waals surface area contributed by atoms with E-state index in [9.17, 15) is 0 Å². The van der Waals surface area contributed by atoms with Crippen LogP contribution in [0.2, 0.25) is 0 Å². The van der Waals surface area contributed by atoms with Crippen LogP contribution in [0.15, 0.2) is 5.38 Å². The Morgan fingerprint density at radius 2 is 2.50 bits per heavy atom. The molecular formula is C6H10N2OS. The summed E-state index contributed by atoms with van der Waals surface area (Å²) in [5, 5.41) is 11.4. The molecule has 3 nitrogen and oxygen atoms in total. The molecule has 4 heteroatoms. The first-order valence-electron chi connectivity index (χ1n) is 3.11. The van der Waals surface area contributed by atoms with Gasteiger partial charge >= 0.3 is 0 Å². The Labute approximate surface area is 63.5 Å². The third-order valence-electron chi connectivity index (χ3n) is 1.13. The second-order valence-corrected chi connectivity index (χ2v) is 2.85. The van der Waals surface area contributed by atoms with Gasteiger partial charge in [-0.25, -0.2) is 4.98 Å². The summed E-state index contributed by atoms with van der Waals surface area (Å²) >= 11 is 1.55. The predicted molar refractivity (Wildman–Crippen MR) is 40.8 cm³/mol. The summed E-state index contributed by atoms with van der Waals surface area (Å²) in [7, 11) is 0. The molecule has 0 bridgehead atoms. The normalized spacial score (nSPS) is 10.2. The fourth-order valence-electron chi connectivity index (χ4n) is 0.653. The summed E-state index contributed by atoms with van der Waals surface area (Å²) < 4.78 is 0. The number of nitrogens with zero attached hydrogens (tertiary/aromatic N) is 1. The summed E-state index contributed by atoms with van der Waals surface area (Å²) in [6.45, 7) is 0.652. The van der Waals surface area contributed by atoms with Crippen molar-refractivity contribution >= 4 is 11.3 Å². The van der Waals surface area contributed by atoms with Crippen LogP contribution in [0.3, 0.4) is 0 Å². The molecule has 0 aliphatic rings. The summed E-state index contributed by atoms with van der Waals surface area (Å²) in [4.78, 5) is 4.15. The van der Waals surface area contributed by atoms with Crippen molar-refractivity contribution in [3.05, 3.63) is 16.1 Å². The van der Waals surface area contributed by atoms with Gasteiger partial charge in [-0.2, -0.15) is 0 Å². The number of aliphatic hydroxyl groups excluding tert-OH is 1. The van der Waals surface area contributed by atoms with Crippen molar-refractivity contribution in [3.63, 3.8) is 0 Å². The molecule has 0 fully saturated rings. The number of hydrogen-bond acceptors (Lipinski definition) is 4. The third-order valence-corrected chi connectivity index (χ3v) is 2.09. The number of aromatic nitrogens is 1. The zero-order valence-electron chi connectivity index (χ0n) is 5.58. The Hall–Kier alpha value is -0.450. The Bertz CT molecular complexity index is 199. The van der Waals surface area contributed by atoms with Gasteiger partial charge in [0.25, 0.3) is 0 Å². The fourth-order valence-corrected chi connectivity index (χ4v) is 1.45. The molecule has 0 atom stereocenters. The first-order chi connectivity index (χ1) is 4.86. The SMILES string of the molecule is NCc1csc(CCO)n1. The van der Waals surface area contributed by atoms with Gasteiger partial charge < -0.3 is 10.8 Å². The van der Waals surface area contributed by atoms with E-state index in [1.165, 1.54) is 0 Å². The van der Waals surface area contributed by atoms with Crippen molar-refractivity contribution in [1.29, 1.82) is 0 Å². The van der Waals surface area contributed by atoms with Gasteiger partial charge in [0, 0.05) is 25.0 Å². The van der Waals surface area contributed by atoms with E-state index in [1.54, 1.807) is 11.3 Å². The highest BCUT2D eigenvalue weighted by Gasteiger charge is 1.97. The number of thiazole rings is 1. The Morgan fingerprint density at radius 1 is 1.70 bits per heavy atom. The Balaban J connectivity index is 2.59. The van der Waals surface area contributed by atoms with Gasteiger partial charge in [-0.05, 0) is 0 Å². The van der Waals surface area contributed by atoms with Crippen molar-refractivity contribution in [1.82, 2.24) is 4.98 Å². The minimum absolute atomic E-state index is 0.164. The first-order valence-corrected chi connectivity index (χ1v) is 3.99. The zero-order valence-corrected chi connectivity index (χ0v) is 6.40. The van der Waals surface area contributed by atoms with Gasteiger partial charge in [-0.15, -0.1) is 11.3 Å². The molecule has 56 valence electrons. The van der Waals surface area contributed by atoms with Crippen molar-refractivity contribution in [2.45, 2.75) is 13.0 Å². The lowest BCUT2D eigenvalue weighted by atomic mass is 10.4. The molecule has 0 aliphatic heterocycles. The molecule has 1 heterocycles. The largest absolute Gasteiger partial charge is 0.396 e. The van der Waals surface area contributed by atoms with Crippen LogP contribution in [0, 0.1) is 0 Å². The molecule has 1 aromatic heterocycles. The monoisotopic (exact) mass is 158 g/mol. The first kappa shape index (κ1) is 7.65. The van der Waals surface area contributed by atoms with Gasteiger partial charge in [0.1, 0.15) is 0 Å². The quantitative estimate of drug-likeness (QED) is 0.657. The van der Waals surface area contributed by atoms with E-state index in [0.29, 0.717) is 13.0 Å². The van der Waals surface area contributed by atoms with E-state index in [2.05, 4.69) is 4.98 Å². The molecule has 10 heavy (non-hydrogen) atoms. The highest BCUT2D eigenvalue weighted by Crippen LogP contribution is 2.08. The molecule has 1 rings (SSSR count). The molecular weight excluding hydrogens is 148 g/mol. The summed E-state index contributed by atoms with van der Waals surface area (Å²) in [5.74, 6) is 0. The molecule has 0 aliphatic carbocycles. The minimum atomic E-state index is 0.164. The number of hydrogen-bond donors (Lipinski definition) is 2. The second-order valence-electron chi connectivity index (χ2n) is 1.91. The van der Waals surface area contributed by atoms with Crippen LogP contribution in [-0.4, -0.2) is 16.7 Å². The van der Waals surface area contributed by atoms with Crippen LogP contribution in [0.4, 0.5) is 0 Å². The van der Waals surface area contributed by atoms with E-state index in [1.807, 2.05) is 5.38 Å². The molecule has 3 N–H and O–H groups in total. The van der Waals surface area contributed by atoms with Crippen LogP contribution >= 0.6 is 11.3 Å². The maximum atomic E-state index is 8.54. The van der Waals surface area contributed by atoms with E-state index >= 15 is 0 Å². The van der Waals surface area contributed by atoms with Crippen molar-refractivity contribution in [2.24, 2.45) is 5.73 Å². The van der Waals surface area contributed by atoms with Gasteiger partial charge in [-0.3, -0.25) is 0 Å². The van der Waals surface area contributed by atoms with Crippen LogP contribution in [-0.2, 0) is 13.0 Å². The predicted octanol–water partition coefficient (Wildman–Crippen LogP) is 0.137. The molecule has 0 saturated heterocycles. The highest BCUT2D eigenvalue weighted by atomic mass is 32.1. The Morgan fingerprint density at radius 3 is 3.00 bits per heavy atom. The van der Waals surface area contributed by atoms with Gasteiger partial charge in [0.15, 0.2) is 0 Å². The zero-order chi connectivity index (χ0) is 7.40. The molecule has 0 unspecified atom stereocenters. The van der Waals surface area contributed by atoms with Crippen molar-refractivity contribution < 1.29 is 5.11 Å². The Kier molecular flexibility index (Phi) is 2.80. The summed E-state index contributed by atoms with van der Waals surface area (Å²) in [6.07, 6.45) is 0.644. The summed E-state index contributed by atoms with van der Waals surface area (Å²) in [6, 6.07) is 0. The third kappa shape index (κ3) is 1.76. The molecule has 0 saturated carbocycles. The van der Waals surface area contributed by atoms with E-state index < -0.39 is 0 Å². The molecule has 0 amide bonds. The van der Waals surface area contributed by atoms with Gasteiger partial charge in [0.05, 0.1) is 10.7 Å². The smallest absolute Gasteiger partial charge is 0.0951 e. The van der Waals surface area contributed by atoms with Crippen molar-refractivity contribution in [2.75, 3.05) is 6.61 Å². The lowest BCUT2D eigenvalue weighted by Crippen LogP contribution is -1.97. The lowest BCUT2D eigenvalue weighted by Gasteiger charge is -1.87. The highest BCUT2D eigenvalue weighted by molar-refractivity contribution is 7.09. The minimum Gasteiger partial charge on any atom is -0.396 e. The number of nitrogens with two attached hydrogens (primary N) is 1.